The highest BCUT2D eigenvalue weighted by Crippen LogP contribution is 2.56. The summed E-state index contributed by atoms with van der Waals surface area (Å²) in [5.74, 6) is 0.697. The molecule has 3 heteroatoms. The van der Waals surface area contributed by atoms with Crippen LogP contribution in [-0.4, -0.2) is 9.97 Å². The molecule has 0 atom stereocenters. The van der Waals surface area contributed by atoms with Gasteiger partial charge in [0.2, 0.25) is 0 Å². The second-order valence-electron chi connectivity index (χ2n) is 16.1. The number of benzene rings is 9. The van der Waals surface area contributed by atoms with Gasteiger partial charge in [0.05, 0.1) is 16.8 Å². The van der Waals surface area contributed by atoms with Crippen molar-refractivity contribution < 1.29 is 0 Å². The third-order valence-electron chi connectivity index (χ3n) is 12.6. The van der Waals surface area contributed by atoms with Crippen LogP contribution in [0.3, 0.4) is 0 Å². The van der Waals surface area contributed by atoms with E-state index in [4.69, 9.17) is 9.97 Å². The van der Waals surface area contributed by atoms with Crippen molar-refractivity contribution in [2.45, 2.75) is 5.41 Å². The minimum Gasteiger partial charge on any atom is -0.228 e. The second kappa shape index (κ2) is 14.8. The van der Waals surface area contributed by atoms with Crippen molar-refractivity contribution in [2.75, 3.05) is 0 Å². The molecule has 0 aliphatic heterocycles. The Morgan fingerprint density at radius 2 is 0.855 bits per heavy atom. The molecule has 12 rings (SSSR count). The first-order valence-electron chi connectivity index (χ1n) is 21.1. The van der Waals surface area contributed by atoms with E-state index in [2.05, 4.69) is 224 Å². The number of fused-ring (bicyclic) bond motifs is 6. The van der Waals surface area contributed by atoms with Gasteiger partial charge in [0.15, 0.2) is 5.82 Å². The van der Waals surface area contributed by atoms with Crippen LogP contribution < -0.4 is 0 Å². The van der Waals surface area contributed by atoms with Gasteiger partial charge in [-0.05, 0) is 92.0 Å². The Morgan fingerprint density at radius 3 is 1.63 bits per heavy atom. The summed E-state index contributed by atoms with van der Waals surface area (Å²) in [7, 11) is 0. The van der Waals surface area contributed by atoms with Gasteiger partial charge in [0, 0.05) is 36.9 Å². The molecular weight excluding hydrogens is 769 g/mol. The van der Waals surface area contributed by atoms with Crippen molar-refractivity contribution in [1.29, 1.82) is 0 Å². The molecule has 0 saturated carbocycles. The fourth-order valence-electron chi connectivity index (χ4n) is 9.80. The van der Waals surface area contributed by atoms with Gasteiger partial charge in [-0.15, -0.1) is 11.3 Å². The summed E-state index contributed by atoms with van der Waals surface area (Å²) in [5.41, 5.74) is 16.7. The first-order chi connectivity index (χ1) is 30.7. The highest BCUT2D eigenvalue weighted by Gasteiger charge is 2.45. The van der Waals surface area contributed by atoms with Crippen LogP contribution in [0.1, 0.15) is 22.3 Å². The first kappa shape index (κ1) is 36.2. The molecule has 0 amide bonds. The summed E-state index contributed by atoms with van der Waals surface area (Å²) in [6.07, 6.45) is 0. The van der Waals surface area contributed by atoms with E-state index in [1.54, 1.807) is 0 Å². The van der Waals surface area contributed by atoms with Crippen LogP contribution >= 0.6 is 11.3 Å². The fourth-order valence-corrected chi connectivity index (χ4v) is 10.9. The number of hydrogen-bond donors (Lipinski definition) is 0. The predicted octanol–water partition coefficient (Wildman–Crippen LogP) is 15.5. The van der Waals surface area contributed by atoms with E-state index in [1.165, 1.54) is 59.1 Å². The maximum absolute atomic E-state index is 5.29. The largest absolute Gasteiger partial charge is 0.228 e. The molecule has 2 aromatic heterocycles. The molecular formula is C59H38N2S. The number of thiophene rings is 1. The lowest BCUT2D eigenvalue weighted by Gasteiger charge is -2.34. The summed E-state index contributed by atoms with van der Waals surface area (Å²) < 4.78 is 2.60. The quantitative estimate of drug-likeness (QED) is 0.160. The highest BCUT2D eigenvalue weighted by atomic mass is 32.1. The minimum absolute atomic E-state index is 0.470. The lowest BCUT2D eigenvalue weighted by atomic mass is 9.67. The molecule has 1 aliphatic rings. The molecule has 0 saturated heterocycles. The fraction of sp³-hybridized carbons (Fsp3) is 0.0169. The van der Waals surface area contributed by atoms with Gasteiger partial charge in [-0.1, -0.05) is 194 Å². The molecule has 1 aliphatic carbocycles. The lowest BCUT2D eigenvalue weighted by Crippen LogP contribution is -2.28. The Kier molecular flexibility index (Phi) is 8.62. The van der Waals surface area contributed by atoms with Gasteiger partial charge in [0.25, 0.3) is 0 Å². The molecule has 0 radical (unpaired) electrons. The Morgan fingerprint density at radius 1 is 0.306 bits per heavy atom. The van der Waals surface area contributed by atoms with Crippen molar-refractivity contribution in [1.82, 2.24) is 9.97 Å². The standard InChI is InChI=1S/C59H38N2S/c1-3-17-39(18-4-1)58-60-54(38-55(61-58)49-28-8-7-25-46(49)42-33-34-57-51(37-42)50-29-11-14-32-56(50)62-57)43-21-15-19-40(35-43)41-20-16-24-45(36-41)59(44-22-5-2-6-23-44)52-30-12-9-26-47(52)48-27-10-13-31-53(48)59/h1-38H. The normalized spacial score (nSPS) is 12.6. The smallest absolute Gasteiger partial charge is 0.160 e. The van der Waals surface area contributed by atoms with Gasteiger partial charge >= 0.3 is 0 Å². The maximum Gasteiger partial charge on any atom is 0.160 e. The average Bonchev–Trinajstić information content (AvgIpc) is 3.88. The monoisotopic (exact) mass is 806 g/mol. The second-order valence-corrected chi connectivity index (χ2v) is 17.1. The van der Waals surface area contributed by atoms with E-state index in [1.807, 2.05) is 17.4 Å². The van der Waals surface area contributed by atoms with E-state index < -0.39 is 5.41 Å². The van der Waals surface area contributed by atoms with E-state index in [-0.39, 0.29) is 0 Å². The molecule has 0 fully saturated rings. The molecule has 2 heterocycles. The van der Waals surface area contributed by atoms with Gasteiger partial charge in [-0.2, -0.15) is 0 Å². The zero-order chi connectivity index (χ0) is 41.0. The average molecular weight is 807 g/mol. The SMILES string of the molecule is c1ccc(-c2nc(-c3cccc(-c4cccc(C5(c6ccccc6)c6ccccc6-c6ccccc65)c4)c3)cc(-c3ccccc3-c3ccc4sc5ccccc5c4c3)n2)cc1. The van der Waals surface area contributed by atoms with Crippen LogP contribution in [0, 0.1) is 0 Å². The molecule has 0 spiro atoms. The van der Waals surface area contributed by atoms with Gasteiger partial charge < -0.3 is 0 Å². The molecule has 62 heavy (non-hydrogen) atoms. The van der Waals surface area contributed by atoms with E-state index in [0.717, 1.165) is 44.8 Å². The van der Waals surface area contributed by atoms with Crippen molar-refractivity contribution in [3.8, 4) is 67.3 Å². The van der Waals surface area contributed by atoms with Crippen LogP contribution in [-0.2, 0) is 5.41 Å². The number of aromatic nitrogens is 2. The van der Waals surface area contributed by atoms with Gasteiger partial charge in [-0.25, -0.2) is 9.97 Å². The Labute approximate surface area is 365 Å². The van der Waals surface area contributed by atoms with E-state index in [0.29, 0.717) is 5.82 Å². The summed E-state index contributed by atoms with van der Waals surface area (Å²) >= 11 is 1.84. The van der Waals surface area contributed by atoms with Gasteiger partial charge in [-0.3, -0.25) is 0 Å². The summed E-state index contributed by atoms with van der Waals surface area (Å²) in [6, 6.07) is 83.5. The van der Waals surface area contributed by atoms with Crippen molar-refractivity contribution in [2.24, 2.45) is 0 Å². The van der Waals surface area contributed by atoms with Crippen LogP contribution in [0.15, 0.2) is 231 Å². The van der Waals surface area contributed by atoms with Gasteiger partial charge in [0.1, 0.15) is 0 Å². The number of nitrogens with zero attached hydrogens (tertiary/aromatic N) is 2. The number of rotatable bonds is 7. The lowest BCUT2D eigenvalue weighted by molar-refractivity contribution is 0.769. The number of hydrogen-bond acceptors (Lipinski definition) is 3. The topological polar surface area (TPSA) is 25.8 Å². The molecule has 290 valence electrons. The Bertz CT molecular complexity index is 3430. The summed E-state index contributed by atoms with van der Waals surface area (Å²) in [5, 5.41) is 2.57. The molecule has 11 aromatic rings. The van der Waals surface area contributed by atoms with Crippen molar-refractivity contribution in [3.05, 3.63) is 253 Å². The molecule has 9 aromatic carbocycles. The third kappa shape index (κ3) is 5.85. The summed E-state index contributed by atoms with van der Waals surface area (Å²) in [4.78, 5) is 10.6. The van der Waals surface area contributed by atoms with Crippen LogP contribution in [0.25, 0.3) is 87.5 Å². The first-order valence-corrected chi connectivity index (χ1v) is 22.0. The molecule has 0 bridgehead atoms. The maximum atomic E-state index is 5.29. The predicted molar refractivity (Wildman–Crippen MR) is 259 cm³/mol. The van der Waals surface area contributed by atoms with Crippen LogP contribution in [0.4, 0.5) is 0 Å². The molecule has 0 N–H and O–H groups in total. The third-order valence-corrected chi connectivity index (χ3v) is 13.7. The molecule has 2 nitrogen and oxygen atoms in total. The van der Waals surface area contributed by atoms with E-state index in [9.17, 15) is 0 Å². The zero-order valence-electron chi connectivity index (χ0n) is 33.7. The van der Waals surface area contributed by atoms with Crippen molar-refractivity contribution >= 4 is 31.5 Å². The van der Waals surface area contributed by atoms with Crippen LogP contribution in [0.5, 0.6) is 0 Å². The zero-order valence-corrected chi connectivity index (χ0v) is 34.6. The molecule has 0 unspecified atom stereocenters. The van der Waals surface area contributed by atoms with Crippen molar-refractivity contribution in [3.63, 3.8) is 0 Å². The minimum atomic E-state index is -0.470. The van der Waals surface area contributed by atoms with E-state index >= 15 is 0 Å². The Hall–Kier alpha value is -7.72. The highest BCUT2D eigenvalue weighted by molar-refractivity contribution is 7.25. The Balaban J connectivity index is 1.000. The summed E-state index contributed by atoms with van der Waals surface area (Å²) in [6.45, 7) is 0. The van der Waals surface area contributed by atoms with Crippen LogP contribution in [0.2, 0.25) is 0 Å².